The van der Waals surface area contributed by atoms with Crippen LogP contribution >= 0.6 is 0 Å². The molecule has 1 saturated heterocycles. The number of nitrogens with one attached hydrogen (secondary N) is 2. The molecule has 2 N–H and O–H groups in total. The summed E-state index contributed by atoms with van der Waals surface area (Å²) in [5, 5.41) is 7.69. The Hall–Kier alpha value is -2.04. The second-order valence-electron chi connectivity index (χ2n) is 6.01. The van der Waals surface area contributed by atoms with Gasteiger partial charge in [0.15, 0.2) is 0 Å². The highest BCUT2D eigenvalue weighted by Gasteiger charge is 2.21. The number of amidine groups is 1. The zero-order valence-corrected chi connectivity index (χ0v) is 13.6. The van der Waals surface area contributed by atoms with Crippen LogP contribution in [0.4, 0.5) is 0 Å². The SMILES string of the molecule is CCc1nc2c(C)c(OC3CCN(C(C)=N)CC3)ccc2[nH]1. The van der Waals surface area contributed by atoms with Gasteiger partial charge in [-0.1, -0.05) is 6.92 Å². The van der Waals surface area contributed by atoms with Crippen LogP contribution in [0.3, 0.4) is 0 Å². The maximum atomic E-state index is 7.69. The third kappa shape index (κ3) is 2.80. The number of likely N-dealkylation sites (tertiary alicyclic amines) is 1. The Morgan fingerprint density at radius 3 is 2.77 bits per heavy atom. The first-order chi connectivity index (χ1) is 10.6. The van der Waals surface area contributed by atoms with Gasteiger partial charge >= 0.3 is 0 Å². The van der Waals surface area contributed by atoms with Crippen LogP contribution in [0, 0.1) is 12.3 Å². The molecule has 0 radical (unpaired) electrons. The van der Waals surface area contributed by atoms with E-state index in [0.717, 1.165) is 60.5 Å². The number of hydrogen-bond acceptors (Lipinski definition) is 3. The maximum Gasteiger partial charge on any atom is 0.124 e. The second kappa shape index (κ2) is 5.99. The van der Waals surface area contributed by atoms with E-state index >= 15 is 0 Å². The van der Waals surface area contributed by atoms with Crippen molar-refractivity contribution < 1.29 is 4.74 Å². The van der Waals surface area contributed by atoms with E-state index in [-0.39, 0.29) is 6.10 Å². The normalized spacial score (nSPS) is 16.2. The van der Waals surface area contributed by atoms with Gasteiger partial charge in [0.25, 0.3) is 0 Å². The van der Waals surface area contributed by atoms with Gasteiger partial charge in [-0.15, -0.1) is 0 Å². The highest BCUT2D eigenvalue weighted by molar-refractivity contribution is 5.81. The molecule has 118 valence electrons. The molecule has 22 heavy (non-hydrogen) atoms. The summed E-state index contributed by atoms with van der Waals surface area (Å²) in [6.45, 7) is 7.84. The number of piperidine rings is 1. The van der Waals surface area contributed by atoms with Gasteiger partial charge in [0.2, 0.25) is 0 Å². The Morgan fingerprint density at radius 2 is 2.14 bits per heavy atom. The van der Waals surface area contributed by atoms with Crippen molar-refractivity contribution in [3.8, 4) is 5.75 Å². The first-order valence-electron chi connectivity index (χ1n) is 8.03. The van der Waals surface area contributed by atoms with Crippen LogP contribution in [0.1, 0.15) is 38.1 Å². The smallest absolute Gasteiger partial charge is 0.124 e. The third-order valence-corrected chi connectivity index (χ3v) is 4.45. The van der Waals surface area contributed by atoms with Crippen molar-refractivity contribution in [2.24, 2.45) is 0 Å². The largest absolute Gasteiger partial charge is 0.490 e. The fourth-order valence-corrected chi connectivity index (χ4v) is 3.03. The predicted octanol–water partition coefficient (Wildman–Crippen LogP) is 3.27. The number of aryl methyl sites for hydroxylation is 2. The van der Waals surface area contributed by atoms with Crippen molar-refractivity contribution in [2.45, 2.75) is 46.1 Å². The molecule has 0 atom stereocenters. The molecular weight excluding hydrogens is 276 g/mol. The molecule has 0 saturated carbocycles. The Kier molecular flexibility index (Phi) is 4.05. The van der Waals surface area contributed by atoms with E-state index < -0.39 is 0 Å². The van der Waals surface area contributed by atoms with E-state index in [0.29, 0.717) is 5.84 Å². The summed E-state index contributed by atoms with van der Waals surface area (Å²) < 4.78 is 6.21. The van der Waals surface area contributed by atoms with Crippen molar-refractivity contribution in [3.05, 3.63) is 23.5 Å². The van der Waals surface area contributed by atoms with Gasteiger partial charge < -0.3 is 14.6 Å². The molecule has 0 amide bonds. The molecule has 0 spiro atoms. The lowest BCUT2D eigenvalue weighted by Gasteiger charge is -2.33. The van der Waals surface area contributed by atoms with Crippen LogP contribution in [0.5, 0.6) is 5.75 Å². The van der Waals surface area contributed by atoms with E-state index in [2.05, 4.69) is 34.8 Å². The number of nitrogens with zero attached hydrogens (tertiary/aromatic N) is 2. The van der Waals surface area contributed by atoms with Gasteiger partial charge in [-0.25, -0.2) is 4.98 Å². The molecule has 5 nitrogen and oxygen atoms in total. The predicted molar refractivity (Wildman–Crippen MR) is 88.8 cm³/mol. The lowest BCUT2D eigenvalue weighted by molar-refractivity contribution is 0.130. The zero-order valence-electron chi connectivity index (χ0n) is 13.6. The number of rotatable bonds is 3. The van der Waals surface area contributed by atoms with Crippen molar-refractivity contribution in [3.63, 3.8) is 0 Å². The number of benzene rings is 1. The van der Waals surface area contributed by atoms with Gasteiger partial charge in [0, 0.05) is 37.9 Å². The summed E-state index contributed by atoms with van der Waals surface area (Å²) in [5.41, 5.74) is 3.21. The molecule has 0 unspecified atom stereocenters. The molecule has 2 heterocycles. The first-order valence-corrected chi connectivity index (χ1v) is 8.03. The zero-order chi connectivity index (χ0) is 15.7. The van der Waals surface area contributed by atoms with Crippen LogP contribution in [-0.4, -0.2) is 39.9 Å². The molecule has 1 fully saturated rings. The monoisotopic (exact) mass is 300 g/mol. The summed E-state index contributed by atoms with van der Waals surface area (Å²) in [5.74, 6) is 2.61. The number of aromatic amines is 1. The van der Waals surface area contributed by atoms with Gasteiger partial charge in [0.05, 0.1) is 16.9 Å². The topological polar surface area (TPSA) is 65.0 Å². The van der Waals surface area contributed by atoms with E-state index in [4.69, 9.17) is 10.1 Å². The molecule has 1 aromatic carbocycles. The number of hydrogen-bond donors (Lipinski definition) is 2. The number of imidazole rings is 1. The number of fused-ring (bicyclic) bond motifs is 1. The first kappa shape index (κ1) is 14.9. The fraction of sp³-hybridized carbons (Fsp3) is 0.529. The Balaban J connectivity index is 1.74. The highest BCUT2D eigenvalue weighted by Crippen LogP contribution is 2.28. The quantitative estimate of drug-likeness (QED) is 0.675. The molecule has 2 aromatic rings. The number of aromatic nitrogens is 2. The van der Waals surface area contributed by atoms with E-state index in [1.807, 2.05) is 13.0 Å². The lowest BCUT2D eigenvalue weighted by atomic mass is 10.1. The van der Waals surface area contributed by atoms with Gasteiger partial charge in [-0.3, -0.25) is 5.41 Å². The molecule has 1 aliphatic heterocycles. The molecule has 0 aliphatic carbocycles. The summed E-state index contributed by atoms with van der Waals surface area (Å²) in [6, 6.07) is 4.10. The van der Waals surface area contributed by atoms with Crippen LogP contribution < -0.4 is 4.74 Å². The van der Waals surface area contributed by atoms with Crippen molar-refractivity contribution in [1.29, 1.82) is 5.41 Å². The fourth-order valence-electron chi connectivity index (χ4n) is 3.03. The average molecular weight is 300 g/mol. The van der Waals surface area contributed by atoms with Crippen molar-refractivity contribution >= 4 is 16.9 Å². The summed E-state index contributed by atoms with van der Waals surface area (Å²) >= 11 is 0. The Labute approximate surface area is 131 Å². The van der Waals surface area contributed by atoms with E-state index in [1.54, 1.807) is 0 Å². The molecule has 3 rings (SSSR count). The number of ether oxygens (including phenoxy) is 1. The van der Waals surface area contributed by atoms with Crippen molar-refractivity contribution in [1.82, 2.24) is 14.9 Å². The van der Waals surface area contributed by atoms with Crippen LogP contribution in [-0.2, 0) is 6.42 Å². The highest BCUT2D eigenvalue weighted by atomic mass is 16.5. The molecule has 1 aromatic heterocycles. The van der Waals surface area contributed by atoms with Gasteiger partial charge in [-0.2, -0.15) is 0 Å². The van der Waals surface area contributed by atoms with Crippen molar-refractivity contribution in [2.75, 3.05) is 13.1 Å². The summed E-state index contributed by atoms with van der Waals surface area (Å²) in [7, 11) is 0. The van der Waals surface area contributed by atoms with E-state index in [9.17, 15) is 0 Å². The Morgan fingerprint density at radius 1 is 1.41 bits per heavy atom. The second-order valence-corrected chi connectivity index (χ2v) is 6.01. The number of H-pyrrole nitrogens is 1. The average Bonchev–Trinajstić information content (AvgIpc) is 2.95. The molecule has 0 bridgehead atoms. The minimum absolute atomic E-state index is 0.233. The molecule has 1 aliphatic rings. The maximum absolute atomic E-state index is 7.69. The minimum Gasteiger partial charge on any atom is -0.490 e. The lowest BCUT2D eigenvalue weighted by Crippen LogP contribution is -2.40. The molecule has 5 heteroatoms. The third-order valence-electron chi connectivity index (χ3n) is 4.45. The van der Waals surface area contributed by atoms with Crippen LogP contribution in [0.25, 0.3) is 11.0 Å². The van der Waals surface area contributed by atoms with Crippen LogP contribution in [0.2, 0.25) is 0 Å². The van der Waals surface area contributed by atoms with Crippen LogP contribution in [0.15, 0.2) is 12.1 Å². The Bertz CT molecular complexity index is 683. The minimum atomic E-state index is 0.233. The summed E-state index contributed by atoms with van der Waals surface area (Å²) in [4.78, 5) is 10.1. The van der Waals surface area contributed by atoms with Gasteiger partial charge in [-0.05, 0) is 26.0 Å². The standard InChI is InChI=1S/C17H24N4O/c1-4-16-19-14-5-6-15(11(2)17(14)20-16)22-13-7-9-21(10-8-13)12(3)18/h5-6,13,18H,4,7-10H2,1-3H3,(H,19,20). The van der Waals surface area contributed by atoms with Gasteiger partial charge in [0.1, 0.15) is 17.7 Å². The summed E-state index contributed by atoms with van der Waals surface area (Å²) in [6.07, 6.45) is 3.07. The van der Waals surface area contributed by atoms with E-state index in [1.165, 1.54) is 0 Å². The molecular formula is C17H24N4O.